The van der Waals surface area contributed by atoms with Crippen LogP contribution in [0.3, 0.4) is 0 Å². The Hall–Kier alpha value is -0.280. The molecule has 0 spiro atoms. The summed E-state index contributed by atoms with van der Waals surface area (Å²) in [6, 6.07) is 0.110. The highest BCUT2D eigenvalue weighted by Gasteiger charge is 2.33. The fourth-order valence-electron chi connectivity index (χ4n) is 2.73. The molecule has 94 valence electrons. The molecule has 0 saturated carbocycles. The Balaban J connectivity index is 0.00000128. The predicted octanol–water partition coefficient (Wildman–Crippen LogP) is 1.81. The second-order valence-electron chi connectivity index (χ2n) is 5.68. The average molecular weight is 247 g/mol. The van der Waals surface area contributed by atoms with Gasteiger partial charge in [-0.2, -0.15) is 0 Å². The number of carbonyl (C=O) groups excluding carboxylic acids is 1. The summed E-state index contributed by atoms with van der Waals surface area (Å²) < 4.78 is 0. The van der Waals surface area contributed by atoms with Crippen LogP contribution in [0.15, 0.2) is 0 Å². The van der Waals surface area contributed by atoms with Crippen molar-refractivity contribution < 1.29 is 4.79 Å². The summed E-state index contributed by atoms with van der Waals surface area (Å²) in [4.78, 5) is 14.2. The molecule has 16 heavy (non-hydrogen) atoms. The van der Waals surface area contributed by atoms with Gasteiger partial charge in [-0.3, -0.25) is 4.79 Å². The zero-order valence-corrected chi connectivity index (χ0v) is 11.1. The molecule has 3 nitrogen and oxygen atoms in total. The van der Waals surface area contributed by atoms with Crippen LogP contribution in [0.4, 0.5) is 0 Å². The number of amides is 1. The first kappa shape index (κ1) is 13.8. The number of likely N-dealkylation sites (tertiary alicyclic amines) is 1. The molecule has 4 heteroatoms. The van der Waals surface area contributed by atoms with Gasteiger partial charge in [-0.25, -0.2) is 0 Å². The van der Waals surface area contributed by atoms with Crippen LogP contribution in [0.5, 0.6) is 0 Å². The van der Waals surface area contributed by atoms with Crippen molar-refractivity contribution in [3.8, 4) is 0 Å². The van der Waals surface area contributed by atoms with Crippen LogP contribution in [-0.2, 0) is 4.79 Å². The standard InChI is InChI=1S/C12H22N2O.ClH/c1-12(2)6-4-8-14(9-12)11(15)10-5-3-7-13-10;/h10,13H,3-9H2,1-2H3;1H. The molecule has 1 N–H and O–H groups in total. The van der Waals surface area contributed by atoms with Crippen LogP contribution in [0.2, 0.25) is 0 Å². The minimum absolute atomic E-state index is 0. The highest BCUT2D eigenvalue weighted by molar-refractivity contribution is 5.85. The first-order valence-corrected chi connectivity index (χ1v) is 6.11. The van der Waals surface area contributed by atoms with E-state index < -0.39 is 0 Å². The van der Waals surface area contributed by atoms with Crippen LogP contribution in [0, 0.1) is 5.41 Å². The fourth-order valence-corrected chi connectivity index (χ4v) is 2.73. The molecule has 0 aromatic rings. The number of rotatable bonds is 1. The lowest BCUT2D eigenvalue weighted by atomic mass is 9.84. The lowest BCUT2D eigenvalue weighted by molar-refractivity contribution is -0.136. The van der Waals surface area contributed by atoms with E-state index in [1.165, 1.54) is 6.42 Å². The molecule has 1 atom stereocenters. The molecule has 1 amide bonds. The third-order valence-corrected chi connectivity index (χ3v) is 3.57. The Morgan fingerprint density at radius 1 is 1.38 bits per heavy atom. The Morgan fingerprint density at radius 3 is 2.69 bits per heavy atom. The zero-order valence-electron chi connectivity index (χ0n) is 10.3. The van der Waals surface area contributed by atoms with Gasteiger partial charge >= 0.3 is 0 Å². The molecule has 2 aliphatic rings. The Morgan fingerprint density at radius 2 is 2.12 bits per heavy atom. The summed E-state index contributed by atoms with van der Waals surface area (Å²) in [7, 11) is 0. The number of nitrogens with zero attached hydrogens (tertiary/aromatic N) is 1. The maximum absolute atomic E-state index is 12.2. The van der Waals surface area contributed by atoms with Gasteiger partial charge in [0.05, 0.1) is 6.04 Å². The highest BCUT2D eigenvalue weighted by Crippen LogP contribution is 2.29. The van der Waals surface area contributed by atoms with Crippen molar-refractivity contribution in [1.82, 2.24) is 10.2 Å². The lowest BCUT2D eigenvalue weighted by Gasteiger charge is -2.39. The molecule has 0 aliphatic carbocycles. The molecule has 1 unspecified atom stereocenters. The second-order valence-corrected chi connectivity index (χ2v) is 5.68. The van der Waals surface area contributed by atoms with Gasteiger partial charge in [0.15, 0.2) is 0 Å². The Labute approximate surface area is 104 Å². The maximum atomic E-state index is 12.2. The van der Waals surface area contributed by atoms with Crippen LogP contribution < -0.4 is 5.32 Å². The topological polar surface area (TPSA) is 32.3 Å². The monoisotopic (exact) mass is 246 g/mol. The SMILES string of the molecule is CC1(C)CCCN(C(=O)C2CCCN2)C1.Cl. The smallest absolute Gasteiger partial charge is 0.239 e. The summed E-state index contributed by atoms with van der Waals surface area (Å²) in [5.74, 6) is 0.334. The van der Waals surface area contributed by atoms with E-state index in [0.717, 1.165) is 38.9 Å². The van der Waals surface area contributed by atoms with Crippen molar-refractivity contribution in [3.63, 3.8) is 0 Å². The normalized spacial score (nSPS) is 28.6. The Bertz CT molecular complexity index is 249. The van der Waals surface area contributed by atoms with Gasteiger partial charge in [0.1, 0.15) is 0 Å². The van der Waals surface area contributed by atoms with Crippen LogP contribution in [-0.4, -0.2) is 36.5 Å². The molecule has 0 aromatic heterocycles. The third kappa shape index (κ3) is 3.11. The van der Waals surface area contributed by atoms with Crippen molar-refractivity contribution in [2.45, 2.75) is 45.6 Å². The largest absolute Gasteiger partial charge is 0.341 e. The third-order valence-electron chi connectivity index (χ3n) is 3.57. The summed E-state index contributed by atoms with van der Waals surface area (Å²) in [5, 5.41) is 3.29. The quantitative estimate of drug-likeness (QED) is 0.766. The van der Waals surface area contributed by atoms with Crippen molar-refractivity contribution in [3.05, 3.63) is 0 Å². The highest BCUT2D eigenvalue weighted by atomic mass is 35.5. The molecule has 0 radical (unpaired) electrons. The Kier molecular flexibility index (Phi) is 4.62. The fraction of sp³-hybridized carbons (Fsp3) is 0.917. The molecule has 2 aliphatic heterocycles. The van der Waals surface area contributed by atoms with Gasteiger partial charge in [-0.05, 0) is 37.6 Å². The lowest BCUT2D eigenvalue weighted by Crippen LogP contribution is -2.49. The van der Waals surface area contributed by atoms with E-state index >= 15 is 0 Å². The van der Waals surface area contributed by atoms with E-state index in [2.05, 4.69) is 24.1 Å². The van der Waals surface area contributed by atoms with Gasteiger partial charge in [-0.15, -0.1) is 12.4 Å². The van der Waals surface area contributed by atoms with Gasteiger partial charge < -0.3 is 10.2 Å². The molecule has 2 fully saturated rings. The average Bonchev–Trinajstić information content (AvgIpc) is 2.67. The van der Waals surface area contributed by atoms with Crippen molar-refractivity contribution in [1.29, 1.82) is 0 Å². The molecule has 2 heterocycles. The van der Waals surface area contributed by atoms with Crippen LogP contribution in [0.1, 0.15) is 39.5 Å². The minimum atomic E-state index is 0. The summed E-state index contributed by atoms with van der Waals surface area (Å²) in [6.45, 7) is 7.42. The number of hydrogen-bond donors (Lipinski definition) is 1. The second kappa shape index (κ2) is 5.37. The molecule has 0 aromatic carbocycles. The van der Waals surface area contributed by atoms with Gasteiger partial charge in [0.2, 0.25) is 5.91 Å². The zero-order chi connectivity index (χ0) is 10.9. The number of hydrogen-bond acceptors (Lipinski definition) is 2. The molecule has 2 rings (SSSR count). The van der Waals surface area contributed by atoms with Gasteiger partial charge in [0, 0.05) is 13.1 Å². The van der Waals surface area contributed by atoms with Crippen LogP contribution >= 0.6 is 12.4 Å². The van der Waals surface area contributed by atoms with Crippen molar-refractivity contribution in [2.24, 2.45) is 5.41 Å². The molecule has 2 saturated heterocycles. The first-order chi connectivity index (χ1) is 7.08. The van der Waals surface area contributed by atoms with E-state index in [1.807, 2.05) is 0 Å². The number of halogens is 1. The van der Waals surface area contributed by atoms with Crippen molar-refractivity contribution >= 4 is 18.3 Å². The predicted molar refractivity (Wildman–Crippen MR) is 67.9 cm³/mol. The van der Waals surface area contributed by atoms with Gasteiger partial charge in [-0.1, -0.05) is 13.8 Å². The minimum Gasteiger partial charge on any atom is -0.341 e. The first-order valence-electron chi connectivity index (χ1n) is 6.11. The van der Waals surface area contributed by atoms with E-state index in [1.54, 1.807) is 0 Å². The summed E-state index contributed by atoms with van der Waals surface area (Å²) in [5.41, 5.74) is 0.312. The molecular weight excluding hydrogens is 224 g/mol. The number of piperidine rings is 1. The number of carbonyl (C=O) groups is 1. The van der Waals surface area contributed by atoms with Gasteiger partial charge in [0.25, 0.3) is 0 Å². The van der Waals surface area contributed by atoms with E-state index in [9.17, 15) is 4.79 Å². The van der Waals surface area contributed by atoms with Crippen molar-refractivity contribution in [2.75, 3.05) is 19.6 Å². The molecular formula is C12H23ClN2O. The van der Waals surface area contributed by atoms with Crippen LogP contribution in [0.25, 0.3) is 0 Å². The number of nitrogens with one attached hydrogen (secondary N) is 1. The summed E-state index contributed by atoms with van der Waals surface area (Å²) >= 11 is 0. The van der Waals surface area contributed by atoms with E-state index in [-0.39, 0.29) is 18.4 Å². The maximum Gasteiger partial charge on any atom is 0.239 e. The van der Waals surface area contributed by atoms with E-state index in [4.69, 9.17) is 0 Å². The van der Waals surface area contributed by atoms with E-state index in [0.29, 0.717) is 11.3 Å². The molecule has 0 bridgehead atoms. The summed E-state index contributed by atoms with van der Waals surface area (Å²) in [6.07, 6.45) is 4.57.